The van der Waals surface area contributed by atoms with E-state index in [4.69, 9.17) is 0 Å². The highest BCUT2D eigenvalue weighted by molar-refractivity contribution is 5.92. The maximum Gasteiger partial charge on any atom is 0.315 e. The molecule has 2 aromatic carbocycles. The molecule has 1 aliphatic rings. The second-order valence-electron chi connectivity index (χ2n) is 7.40. The monoisotopic (exact) mass is 402 g/mol. The molecule has 0 aromatic heterocycles. The van der Waals surface area contributed by atoms with Crippen LogP contribution >= 0.6 is 0 Å². The van der Waals surface area contributed by atoms with Crippen LogP contribution in [0.15, 0.2) is 42.5 Å². The predicted octanol–water partition coefficient (Wildman–Crippen LogP) is 2.82. The van der Waals surface area contributed by atoms with Gasteiger partial charge in [-0.3, -0.25) is 4.79 Å². The summed E-state index contributed by atoms with van der Waals surface area (Å²) < 4.78 is 27.6. The number of rotatable bonds is 7. The van der Waals surface area contributed by atoms with Gasteiger partial charge in [-0.25, -0.2) is 13.6 Å². The Balaban J connectivity index is 1.48. The smallest absolute Gasteiger partial charge is 0.315 e. The molecule has 0 radical (unpaired) electrons. The van der Waals surface area contributed by atoms with Crippen LogP contribution in [0.25, 0.3) is 0 Å². The van der Waals surface area contributed by atoms with Crippen LogP contribution < -0.4 is 16.0 Å². The molecular formula is C21H24F2N4O2. The fourth-order valence-electron chi connectivity index (χ4n) is 3.19. The van der Waals surface area contributed by atoms with Crippen molar-refractivity contribution >= 4 is 17.6 Å². The molecule has 154 valence electrons. The zero-order valence-electron chi connectivity index (χ0n) is 16.3. The van der Waals surface area contributed by atoms with Crippen molar-refractivity contribution in [2.24, 2.45) is 0 Å². The molecule has 1 saturated carbocycles. The number of hydrogen-bond acceptors (Lipinski definition) is 3. The predicted molar refractivity (Wildman–Crippen MR) is 107 cm³/mol. The Morgan fingerprint density at radius 1 is 1.10 bits per heavy atom. The second kappa shape index (κ2) is 9.00. The van der Waals surface area contributed by atoms with Crippen molar-refractivity contribution in [2.45, 2.75) is 24.9 Å². The van der Waals surface area contributed by atoms with E-state index in [0.717, 1.165) is 5.56 Å². The number of benzene rings is 2. The van der Waals surface area contributed by atoms with Crippen LogP contribution in [-0.2, 0) is 11.3 Å². The van der Waals surface area contributed by atoms with Crippen molar-refractivity contribution in [2.75, 3.05) is 26.0 Å². The van der Waals surface area contributed by atoms with Crippen molar-refractivity contribution < 1.29 is 18.4 Å². The van der Waals surface area contributed by atoms with Gasteiger partial charge in [0.15, 0.2) is 0 Å². The van der Waals surface area contributed by atoms with Crippen LogP contribution in [0.3, 0.4) is 0 Å². The van der Waals surface area contributed by atoms with Gasteiger partial charge in [0.2, 0.25) is 5.91 Å². The fourth-order valence-corrected chi connectivity index (χ4v) is 3.19. The standard InChI is InChI=1S/C21H24F2N4O2/c1-27(2)12-19(28)25-14-6-3-5-13(9-14)11-24-21(29)26-18-10-15(18)20-16(22)7-4-8-17(20)23/h3-9,15,18H,10-12H2,1-2H3,(H,25,28)(H2,24,26,29). The zero-order valence-corrected chi connectivity index (χ0v) is 16.3. The third-order valence-electron chi connectivity index (χ3n) is 4.60. The normalized spacial score (nSPS) is 17.7. The first-order chi connectivity index (χ1) is 13.8. The van der Waals surface area contributed by atoms with Crippen LogP contribution in [0.4, 0.5) is 19.3 Å². The SMILES string of the molecule is CN(C)CC(=O)Nc1cccc(CNC(=O)NC2CC2c2c(F)cccc2F)c1. The van der Waals surface area contributed by atoms with Gasteiger partial charge < -0.3 is 20.9 Å². The van der Waals surface area contributed by atoms with Crippen molar-refractivity contribution in [3.05, 3.63) is 65.2 Å². The number of urea groups is 1. The molecular weight excluding hydrogens is 378 g/mol. The Hall–Kier alpha value is -3.00. The number of likely N-dealkylation sites (N-methyl/N-ethyl adjacent to an activating group) is 1. The van der Waals surface area contributed by atoms with E-state index in [9.17, 15) is 18.4 Å². The van der Waals surface area contributed by atoms with Gasteiger partial charge >= 0.3 is 6.03 Å². The van der Waals surface area contributed by atoms with E-state index in [0.29, 0.717) is 12.1 Å². The van der Waals surface area contributed by atoms with Gasteiger partial charge in [-0.2, -0.15) is 0 Å². The Kier molecular flexibility index (Phi) is 6.43. The average Bonchev–Trinajstić information content (AvgIpc) is 3.38. The molecule has 0 heterocycles. The Morgan fingerprint density at radius 3 is 2.48 bits per heavy atom. The van der Waals surface area contributed by atoms with Crippen molar-refractivity contribution in [3.63, 3.8) is 0 Å². The quantitative estimate of drug-likeness (QED) is 0.667. The summed E-state index contributed by atoms with van der Waals surface area (Å²) in [5.41, 5.74) is 1.49. The number of nitrogens with zero attached hydrogens (tertiary/aromatic N) is 1. The van der Waals surface area contributed by atoms with E-state index in [1.54, 1.807) is 23.1 Å². The van der Waals surface area contributed by atoms with Crippen molar-refractivity contribution in [1.82, 2.24) is 15.5 Å². The number of carbonyl (C=O) groups is 2. The fraction of sp³-hybridized carbons (Fsp3) is 0.333. The number of nitrogens with one attached hydrogen (secondary N) is 3. The van der Waals surface area contributed by atoms with E-state index in [1.807, 2.05) is 20.2 Å². The number of anilines is 1. The molecule has 1 fully saturated rings. The lowest BCUT2D eigenvalue weighted by molar-refractivity contribution is -0.116. The number of carbonyl (C=O) groups excluding carboxylic acids is 2. The number of amides is 3. The third kappa shape index (κ3) is 5.74. The molecule has 0 bridgehead atoms. The molecule has 3 rings (SSSR count). The van der Waals surface area contributed by atoms with E-state index in [2.05, 4.69) is 16.0 Å². The van der Waals surface area contributed by atoms with Crippen LogP contribution in [-0.4, -0.2) is 43.5 Å². The number of halogens is 2. The molecule has 3 amide bonds. The molecule has 6 nitrogen and oxygen atoms in total. The minimum Gasteiger partial charge on any atom is -0.335 e. The van der Waals surface area contributed by atoms with Crippen LogP contribution in [0.1, 0.15) is 23.5 Å². The van der Waals surface area contributed by atoms with E-state index in [-0.39, 0.29) is 36.5 Å². The topological polar surface area (TPSA) is 73.5 Å². The zero-order chi connectivity index (χ0) is 21.0. The van der Waals surface area contributed by atoms with Gasteiger partial charge in [-0.05, 0) is 50.3 Å². The average molecular weight is 402 g/mol. The molecule has 3 N–H and O–H groups in total. The molecule has 8 heteroatoms. The van der Waals surface area contributed by atoms with E-state index >= 15 is 0 Å². The van der Waals surface area contributed by atoms with E-state index in [1.165, 1.54) is 18.2 Å². The second-order valence-corrected chi connectivity index (χ2v) is 7.40. The van der Waals surface area contributed by atoms with Gasteiger partial charge in [0.25, 0.3) is 0 Å². The molecule has 0 spiro atoms. The highest BCUT2D eigenvalue weighted by Gasteiger charge is 2.42. The Bertz CT molecular complexity index is 884. The highest BCUT2D eigenvalue weighted by Crippen LogP contribution is 2.43. The first kappa shape index (κ1) is 20.7. The lowest BCUT2D eigenvalue weighted by Crippen LogP contribution is -2.37. The first-order valence-electron chi connectivity index (χ1n) is 9.35. The van der Waals surface area contributed by atoms with Gasteiger partial charge in [-0.15, -0.1) is 0 Å². The lowest BCUT2D eigenvalue weighted by Gasteiger charge is -2.12. The van der Waals surface area contributed by atoms with Gasteiger partial charge in [0.05, 0.1) is 6.54 Å². The van der Waals surface area contributed by atoms with Crippen molar-refractivity contribution in [3.8, 4) is 0 Å². The molecule has 0 saturated heterocycles. The van der Waals surface area contributed by atoms with Crippen molar-refractivity contribution in [1.29, 1.82) is 0 Å². The minimum atomic E-state index is -0.590. The molecule has 1 aliphatic carbocycles. The van der Waals surface area contributed by atoms with Crippen LogP contribution in [0, 0.1) is 11.6 Å². The highest BCUT2D eigenvalue weighted by atomic mass is 19.1. The van der Waals surface area contributed by atoms with Gasteiger partial charge in [-0.1, -0.05) is 18.2 Å². The first-order valence-corrected chi connectivity index (χ1v) is 9.35. The summed E-state index contributed by atoms with van der Waals surface area (Å²) in [4.78, 5) is 25.7. The molecule has 2 unspecified atom stereocenters. The summed E-state index contributed by atoms with van der Waals surface area (Å²) in [7, 11) is 3.62. The summed E-state index contributed by atoms with van der Waals surface area (Å²) >= 11 is 0. The Labute approximate surface area is 168 Å². The van der Waals surface area contributed by atoms with Crippen LogP contribution in [0.5, 0.6) is 0 Å². The van der Waals surface area contributed by atoms with E-state index < -0.39 is 17.7 Å². The molecule has 2 aromatic rings. The summed E-state index contributed by atoms with van der Waals surface area (Å²) in [6, 6.07) is 10.2. The maximum atomic E-state index is 13.8. The largest absolute Gasteiger partial charge is 0.335 e. The van der Waals surface area contributed by atoms with Crippen LogP contribution in [0.2, 0.25) is 0 Å². The Morgan fingerprint density at radius 2 is 1.79 bits per heavy atom. The maximum absolute atomic E-state index is 13.8. The summed E-state index contributed by atoms with van der Waals surface area (Å²) in [5.74, 6) is -1.66. The number of hydrogen-bond donors (Lipinski definition) is 3. The minimum absolute atomic E-state index is 0.0268. The lowest BCUT2D eigenvalue weighted by atomic mass is 10.1. The summed E-state index contributed by atoms with van der Waals surface area (Å²) in [5, 5.41) is 8.26. The molecule has 29 heavy (non-hydrogen) atoms. The molecule has 2 atom stereocenters. The summed E-state index contributed by atoms with van der Waals surface area (Å²) in [6.45, 7) is 0.532. The molecule has 0 aliphatic heterocycles. The third-order valence-corrected chi connectivity index (χ3v) is 4.60. The van der Waals surface area contributed by atoms with Gasteiger partial charge in [0, 0.05) is 29.8 Å². The summed E-state index contributed by atoms with van der Waals surface area (Å²) in [6.07, 6.45) is 0.499. The van der Waals surface area contributed by atoms with Gasteiger partial charge in [0.1, 0.15) is 11.6 Å².